The first-order valence-electron chi connectivity index (χ1n) is 17.1. The number of esters is 2. The number of carbonyl (C=O) groups is 3. The van der Waals surface area contributed by atoms with Gasteiger partial charge in [0.05, 0.1) is 36.9 Å². The molecule has 1 saturated carbocycles. The van der Waals surface area contributed by atoms with Gasteiger partial charge in [0.2, 0.25) is 5.91 Å². The second kappa shape index (κ2) is 22.6. The van der Waals surface area contributed by atoms with Gasteiger partial charge in [-0.1, -0.05) is 30.7 Å². The van der Waals surface area contributed by atoms with Gasteiger partial charge in [-0.2, -0.15) is 13.2 Å². The van der Waals surface area contributed by atoms with Crippen LogP contribution in [0.5, 0.6) is 5.75 Å². The molecule has 51 heavy (non-hydrogen) atoms. The molecule has 2 rings (SSSR count). The quantitative estimate of drug-likeness (QED) is 0.0439. The number of allylic oxidation sites excluding steroid dienone is 2. The Kier molecular flexibility index (Phi) is 19.0. The van der Waals surface area contributed by atoms with Crippen LogP contribution >= 0.6 is 0 Å². The van der Waals surface area contributed by atoms with Crippen LogP contribution in [0.1, 0.15) is 83.6 Å². The van der Waals surface area contributed by atoms with Crippen molar-refractivity contribution in [3.8, 4) is 5.75 Å². The first-order chi connectivity index (χ1) is 24.1. The number of halogens is 3. The lowest BCUT2D eigenvalue weighted by Crippen LogP contribution is -2.29. The summed E-state index contributed by atoms with van der Waals surface area (Å²) in [5.41, 5.74) is -0.917. The van der Waals surface area contributed by atoms with Crippen LogP contribution in [0.4, 0.5) is 13.2 Å². The van der Waals surface area contributed by atoms with E-state index in [4.69, 9.17) is 14.2 Å². The SMILES string of the molecule is CC(C)OC(=O)CCC/C=C\C[C@@H]1[C@@H](/C=C/[C@H](COc2cccc(C(F)(F)F)c2)OC(=O)CCNC(=O)CCCCCO[N+](=O)[O-])[C@H](O)C[C@@H]1O. The van der Waals surface area contributed by atoms with Crippen LogP contribution in [0.3, 0.4) is 0 Å². The fourth-order valence-electron chi connectivity index (χ4n) is 5.41. The summed E-state index contributed by atoms with van der Waals surface area (Å²) in [5, 5.41) is 33.2. The Morgan fingerprint density at radius 3 is 2.47 bits per heavy atom. The molecule has 1 aliphatic carbocycles. The highest BCUT2D eigenvalue weighted by atomic mass is 19.4. The van der Waals surface area contributed by atoms with E-state index < -0.39 is 47.0 Å². The van der Waals surface area contributed by atoms with Gasteiger partial charge in [-0.05, 0) is 76.1 Å². The monoisotopic (exact) mass is 730 g/mol. The second-order valence-corrected chi connectivity index (χ2v) is 12.5. The van der Waals surface area contributed by atoms with E-state index in [0.717, 1.165) is 12.1 Å². The van der Waals surface area contributed by atoms with Crippen molar-refractivity contribution in [2.24, 2.45) is 11.8 Å². The molecule has 1 aromatic carbocycles. The minimum Gasteiger partial charge on any atom is -0.489 e. The molecule has 0 bridgehead atoms. The zero-order valence-corrected chi connectivity index (χ0v) is 28.9. The molecule has 13 nitrogen and oxygen atoms in total. The lowest BCUT2D eigenvalue weighted by molar-refractivity contribution is -0.757. The van der Waals surface area contributed by atoms with E-state index in [2.05, 4.69) is 10.2 Å². The van der Waals surface area contributed by atoms with E-state index in [9.17, 15) is 47.9 Å². The van der Waals surface area contributed by atoms with Crippen LogP contribution in [0.25, 0.3) is 0 Å². The molecule has 5 atom stereocenters. The van der Waals surface area contributed by atoms with E-state index in [-0.39, 0.29) is 75.1 Å². The summed E-state index contributed by atoms with van der Waals surface area (Å²) < 4.78 is 55.9. The zero-order valence-electron chi connectivity index (χ0n) is 28.9. The normalized spacial score (nSPS) is 19.7. The highest BCUT2D eigenvalue weighted by molar-refractivity contribution is 5.77. The third kappa shape index (κ3) is 18.0. The van der Waals surface area contributed by atoms with Crippen molar-refractivity contribution in [2.45, 2.75) is 109 Å². The molecular formula is C35H49F3N2O11. The predicted molar refractivity (Wildman–Crippen MR) is 177 cm³/mol. The number of nitrogens with one attached hydrogen (secondary N) is 1. The van der Waals surface area contributed by atoms with Crippen LogP contribution in [0.15, 0.2) is 48.6 Å². The number of alkyl halides is 3. The number of hydrogen-bond acceptors (Lipinski definition) is 11. The Hall–Kier alpha value is -4.18. The third-order valence-corrected chi connectivity index (χ3v) is 7.91. The summed E-state index contributed by atoms with van der Waals surface area (Å²) in [5.74, 6) is -2.35. The standard InChI is InChI=1S/C35H49F3N2O11/c1-24(2)50-33(44)15-8-4-3-6-13-28-29(31(42)22-30(28)41)17-16-27(23-48-26-12-10-11-25(21-26)35(36,37)38)51-34(45)18-19-39-32(43)14-7-5-9-20-49-40(46)47/h3,6,10-12,16-17,21,24,27-31,41-42H,4-5,7-9,13-15,18-20,22-23H2,1-2H3,(H,39,43)/b6-3-,17-16+/t27-,28-,29-,30+,31-/m1/s1. The maximum Gasteiger partial charge on any atom is 0.416 e. The number of benzene rings is 1. The lowest BCUT2D eigenvalue weighted by atomic mass is 9.89. The summed E-state index contributed by atoms with van der Waals surface area (Å²) in [4.78, 5) is 50.9. The molecule has 286 valence electrons. The van der Waals surface area contributed by atoms with E-state index >= 15 is 0 Å². The maximum atomic E-state index is 13.2. The minimum atomic E-state index is -4.59. The first-order valence-corrected chi connectivity index (χ1v) is 17.1. The Labute approximate surface area is 295 Å². The average molecular weight is 731 g/mol. The van der Waals surface area contributed by atoms with Crippen molar-refractivity contribution in [3.05, 3.63) is 64.2 Å². The molecule has 16 heteroatoms. The van der Waals surface area contributed by atoms with Gasteiger partial charge in [0.15, 0.2) is 6.10 Å². The fraction of sp³-hybridized carbons (Fsp3) is 0.629. The molecule has 0 radical (unpaired) electrons. The van der Waals surface area contributed by atoms with Crippen LogP contribution in [-0.4, -0.2) is 77.3 Å². The van der Waals surface area contributed by atoms with Crippen molar-refractivity contribution >= 4 is 17.8 Å². The molecule has 0 unspecified atom stereocenters. The number of amides is 1. The molecule has 0 aliphatic heterocycles. The van der Waals surface area contributed by atoms with Gasteiger partial charge in [0.1, 0.15) is 12.4 Å². The van der Waals surface area contributed by atoms with Crippen molar-refractivity contribution in [3.63, 3.8) is 0 Å². The number of hydrogen-bond donors (Lipinski definition) is 3. The molecule has 1 amide bonds. The number of unbranched alkanes of at least 4 members (excludes halogenated alkanes) is 3. The topological polar surface area (TPSA) is 184 Å². The van der Waals surface area contributed by atoms with Crippen LogP contribution in [0.2, 0.25) is 0 Å². The number of nitrogens with zero attached hydrogens (tertiary/aromatic N) is 1. The molecule has 1 aromatic rings. The molecule has 1 aliphatic rings. The van der Waals surface area contributed by atoms with Gasteiger partial charge in [0, 0.05) is 31.7 Å². The number of aliphatic hydroxyl groups is 2. The molecular weight excluding hydrogens is 681 g/mol. The largest absolute Gasteiger partial charge is 0.489 e. The molecule has 0 heterocycles. The summed E-state index contributed by atoms with van der Waals surface area (Å²) in [6, 6.07) is 4.23. The van der Waals surface area contributed by atoms with Gasteiger partial charge in [0.25, 0.3) is 5.09 Å². The smallest absolute Gasteiger partial charge is 0.416 e. The summed E-state index contributed by atoms with van der Waals surface area (Å²) in [6.45, 7) is 3.08. The van der Waals surface area contributed by atoms with E-state index in [1.807, 2.05) is 12.2 Å². The number of carbonyl (C=O) groups excluding carboxylic acids is 3. The number of aliphatic hydroxyl groups excluding tert-OH is 2. The zero-order chi connectivity index (χ0) is 37.8. The Balaban J connectivity index is 1.99. The van der Waals surface area contributed by atoms with Crippen molar-refractivity contribution in [1.82, 2.24) is 5.32 Å². The van der Waals surface area contributed by atoms with E-state index in [1.165, 1.54) is 18.2 Å². The summed E-state index contributed by atoms with van der Waals surface area (Å²) >= 11 is 0. The summed E-state index contributed by atoms with van der Waals surface area (Å²) in [6.07, 6.45) is 2.59. The molecule has 0 saturated heterocycles. The van der Waals surface area contributed by atoms with Gasteiger partial charge in [-0.3, -0.25) is 14.4 Å². The van der Waals surface area contributed by atoms with Crippen molar-refractivity contribution in [2.75, 3.05) is 19.8 Å². The molecule has 1 fully saturated rings. The maximum absolute atomic E-state index is 13.2. The summed E-state index contributed by atoms with van der Waals surface area (Å²) in [7, 11) is 0. The van der Waals surface area contributed by atoms with Gasteiger partial charge in [-0.15, -0.1) is 10.1 Å². The van der Waals surface area contributed by atoms with Crippen molar-refractivity contribution in [1.29, 1.82) is 0 Å². The number of rotatable bonds is 23. The Morgan fingerprint density at radius 1 is 1.02 bits per heavy atom. The Morgan fingerprint density at radius 2 is 1.76 bits per heavy atom. The Bertz CT molecular complexity index is 1310. The van der Waals surface area contributed by atoms with E-state index in [1.54, 1.807) is 19.9 Å². The van der Waals surface area contributed by atoms with E-state index in [0.29, 0.717) is 38.5 Å². The van der Waals surface area contributed by atoms with Crippen LogP contribution in [0, 0.1) is 22.0 Å². The first kappa shape index (κ1) is 43.0. The number of ether oxygens (including phenoxy) is 3. The van der Waals surface area contributed by atoms with Crippen LogP contribution in [-0.2, 0) is 34.9 Å². The fourth-order valence-corrected chi connectivity index (χ4v) is 5.41. The van der Waals surface area contributed by atoms with Crippen molar-refractivity contribution < 1.29 is 61.9 Å². The average Bonchev–Trinajstić information content (AvgIpc) is 3.32. The van der Waals surface area contributed by atoms with Gasteiger partial charge >= 0.3 is 18.1 Å². The highest BCUT2D eigenvalue weighted by Crippen LogP contribution is 2.36. The third-order valence-electron chi connectivity index (χ3n) is 7.91. The lowest BCUT2D eigenvalue weighted by Gasteiger charge is -2.21. The van der Waals surface area contributed by atoms with Gasteiger partial charge in [-0.25, -0.2) is 0 Å². The molecule has 0 aromatic heterocycles. The molecule has 3 N–H and O–H groups in total. The van der Waals surface area contributed by atoms with Crippen LogP contribution < -0.4 is 10.1 Å². The minimum absolute atomic E-state index is 0.0477. The molecule has 0 spiro atoms. The van der Waals surface area contributed by atoms with Gasteiger partial charge < -0.3 is 34.6 Å². The highest BCUT2D eigenvalue weighted by Gasteiger charge is 2.39. The predicted octanol–water partition coefficient (Wildman–Crippen LogP) is 5.25. The second-order valence-electron chi connectivity index (χ2n) is 12.5.